The van der Waals surface area contributed by atoms with Crippen molar-refractivity contribution in [2.75, 3.05) is 13.2 Å². The lowest BCUT2D eigenvalue weighted by molar-refractivity contribution is 0.00195. The van der Waals surface area contributed by atoms with Gasteiger partial charge in [0.1, 0.15) is 0 Å². The number of aliphatic hydroxyl groups is 1. The highest BCUT2D eigenvalue weighted by atomic mass is 16.5. The molecule has 0 saturated carbocycles. The second-order valence-electron chi connectivity index (χ2n) is 5.03. The molecule has 3 atom stereocenters. The Morgan fingerprint density at radius 1 is 1.53 bits per heavy atom. The van der Waals surface area contributed by atoms with Crippen LogP contribution < -0.4 is 5.32 Å². The second kappa shape index (κ2) is 5.83. The van der Waals surface area contributed by atoms with Gasteiger partial charge in [-0.2, -0.15) is 0 Å². The molecule has 0 bridgehead atoms. The average molecular weight is 215 g/mol. The molecule has 0 aromatic carbocycles. The topological polar surface area (TPSA) is 41.5 Å². The Labute approximate surface area is 93.2 Å². The predicted octanol–water partition coefficient (Wildman–Crippen LogP) is 1.69. The highest BCUT2D eigenvalue weighted by molar-refractivity contribution is 4.80. The van der Waals surface area contributed by atoms with E-state index in [2.05, 4.69) is 19.2 Å². The van der Waals surface area contributed by atoms with E-state index in [0.29, 0.717) is 18.7 Å². The van der Waals surface area contributed by atoms with Crippen molar-refractivity contribution in [3.8, 4) is 0 Å². The van der Waals surface area contributed by atoms with E-state index in [4.69, 9.17) is 4.74 Å². The number of rotatable bonds is 5. The lowest BCUT2D eigenvalue weighted by Crippen LogP contribution is -2.45. The minimum atomic E-state index is -0.559. The van der Waals surface area contributed by atoms with Crippen LogP contribution in [0.5, 0.6) is 0 Å². The van der Waals surface area contributed by atoms with Crippen LogP contribution in [0.15, 0.2) is 0 Å². The lowest BCUT2D eigenvalue weighted by Gasteiger charge is -2.31. The third-order valence-electron chi connectivity index (χ3n) is 3.05. The number of hydrogen-bond donors (Lipinski definition) is 2. The zero-order chi connectivity index (χ0) is 11.3. The summed E-state index contributed by atoms with van der Waals surface area (Å²) in [5, 5.41) is 13.5. The lowest BCUT2D eigenvalue weighted by atomic mass is 9.98. The Kier molecular flexibility index (Phi) is 5.03. The van der Waals surface area contributed by atoms with Crippen LogP contribution in [0.3, 0.4) is 0 Å². The SMILES string of the molecule is CCCC(C)(O)CNC1CCOC(C)C1. The molecule has 0 spiro atoms. The molecule has 90 valence electrons. The van der Waals surface area contributed by atoms with Gasteiger partial charge in [-0.1, -0.05) is 13.3 Å². The van der Waals surface area contributed by atoms with Gasteiger partial charge in [0.15, 0.2) is 0 Å². The average Bonchev–Trinajstić information content (AvgIpc) is 2.15. The molecule has 0 amide bonds. The summed E-state index contributed by atoms with van der Waals surface area (Å²) >= 11 is 0. The first-order valence-electron chi connectivity index (χ1n) is 6.11. The van der Waals surface area contributed by atoms with Gasteiger partial charge < -0.3 is 15.2 Å². The summed E-state index contributed by atoms with van der Waals surface area (Å²) in [5.41, 5.74) is -0.559. The maximum absolute atomic E-state index is 10.0. The first-order valence-corrected chi connectivity index (χ1v) is 6.11. The van der Waals surface area contributed by atoms with Crippen molar-refractivity contribution < 1.29 is 9.84 Å². The third kappa shape index (κ3) is 4.96. The van der Waals surface area contributed by atoms with E-state index in [1.165, 1.54) is 0 Å². The Morgan fingerprint density at radius 2 is 2.27 bits per heavy atom. The Morgan fingerprint density at radius 3 is 2.87 bits per heavy atom. The number of hydrogen-bond acceptors (Lipinski definition) is 3. The first-order chi connectivity index (χ1) is 7.03. The van der Waals surface area contributed by atoms with Crippen molar-refractivity contribution in [3.63, 3.8) is 0 Å². The van der Waals surface area contributed by atoms with Crippen LogP contribution >= 0.6 is 0 Å². The Bertz CT molecular complexity index is 182. The molecule has 1 rings (SSSR count). The molecule has 0 aromatic rings. The third-order valence-corrected chi connectivity index (χ3v) is 3.05. The largest absolute Gasteiger partial charge is 0.389 e. The molecule has 0 aliphatic carbocycles. The second-order valence-corrected chi connectivity index (χ2v) is 5.03. The van der Waals surface area contributed by atoms with E-state index < -0.39 is 5.60 Å². The van der Waals surface area contributed by atoms with Crippen molar-refractivity contribution in [1.29, 1.82) is 0 Å². The standard InChI is InChI=1S/C12H25NO2/c1-4-6-12(3,14)9-13-11-5-7-15-10(2)8-11/h10-11,13-14H,4-9H2,1-3H3. The van der Waals surface area contributed by atoms with Crippen molar-refractivity contribution in [3.05, 3.63) is 0 Å². The van der Waals surface area contributed by atoms with Crippen LogP contribution in [-0.4, -0.2) is 36.0 Å². The smallest absolute Gasteiger partial charge is 0.0743 e. The van der Waals surface area contributed by atoms with Gasteiger partial charge in [-0.3, -0.25) is 0 Å². The summed E-state index contributed by atoms with van der Waals surface area (Å²) in [6.07, 6.45) is 4.36. The molecular formula is C12H25NO2. The van der Waals surface area contributed by atoms with E-state index in [9.17, 15) is 5.11 Å². The van der Waals surface area contributed by atoms with Crippen LogP contribution in [0.2, 0.25) is 0 Å². The minimum absolute atomic E-state index is 0.354. The van der Waals surface area contributed by atoms with Crippen molar-refractivity contribution in [1.82, 2.24) is 5.32 Å². The molecule has 1 aliphatic heterocycles. The quantitative estimate of drug-likeness (QED) is 0.733. The maximum atomic E-state index is 10.0. The summed E-state index contributed by atoms with van der Waals surface area (Å²) in [6, 6.07) is 0.511. The Balaban J connectivity index is 2.23. The van der Waals surface area contributed by atoms with Crippen LogP contribution in [0.4, 0.5) is 0 Å². The minimum Gasteiger partial charge on any atom is -0.389 e. The van der Waals surface area contributed by atoms with Crippen LogP contribution in [0.1, 0.15) is 46.5 Å². The van der Waals surface area contributed by atoms with Gasteiger partial charge in [0.05, 0.1) is 11.7 Å². The summed E-state index contributed by atoms with van der Waals surface area (Å²) < 4.78 is 5.48. The molecule has 1 aliphatic rings. The van der Waals surface area contributed by atoms with Crippen LogP contribution in [0, 0.1) is 0 Å². The van der Waals surface area contributed by atoms with E-state index in [1.807, 2.05) is 6.92 Å². The van der Waals surface area contributed by atoms with Crippen LogP contribution in [0.25, 0.3) is 0 Å². The van der Waals surface area contributed by atoms with Crippen molar-refractivity contribution in [2.45, 2.75) is 64.2 Å². The fourth-order valence-electron chi connectivity index (χ4n) is 2.17. The van der Waals surface area contributed by atoms with Gasteiger partial charge in [0, 0.05) is 19.2 Å². The summed E-state index contributed by atoms with van der Waals surface area (Å²) in [7, 11) is 0. The molecule has 2 N–H and O–H groups in total. The summed E-state index contributed by atoms with van der Waals surface area (Å²) in [6.45, 7) is 7.66. The predicted molar refractivity (Wildman–Crippen MR) is 62.0 cm³/mol. The zero-order valence-corrected chi connectivity index (χ0v) is 10.3. The van der Waals surface area contributed by atoms with Gasteiger partial charge in [0.2, 0.25) is 0 Å². The molecule has 0 aromatic heterocycles. The molecule has 3 heteroatoms. The molecule has 3 unspecified atom stereocenters. The molecule has 0 radical (unpaired) electrons. The van der Waals surface area contributed by atoms with Gasteiger partial charge in [-0.05, 0) is 33.1 Å². The Hall–Kier alpha value is -0.120. The van der Waals surface area contributed by atoms with E-state index in [0.717, 1.165) is 32.3 Å². The van der Waals surface area contributed by atoms with Crippen molar-refractivity contribution in [2.24, 2.45) is 0 Å². The fraction of sp³-hybridized carbons (Fsp3) is 1.00. The monoisotopic (exact) mass is 215 g/mol. The van der Waals surface area contributed by atoms with Crippen LogP contribution in [-0.2, 0) is 4.74 Å². The van der Waals surface area contributed by atoms with Gasteiger partial charge in [-0.25, -0.2) is 0 Å². The van der Waals surface area contributed by atoms with Gasteiger partial charge >= 0.3 is 0 Å². The molecule has 15 heavy (non-hydrogen) atoms. The highest BCUT2D eigenvalue weighted by Gasteiger charge is 2.23. The first kappa shape index (κ1) is 12.9. The molecule has 3 nitrogen and oxygen atoms in total. The zero-order valence-electron chi connectivity index (χ0n) is 10.3. The number of ether oxygens (including phenoxy) is 1. The van der Waals surface area contributed by atoms with E-state index >= 15 is 0 Å². The van der Waals surface area contributed by atoms with Gasteiger partial charge in [-0.15, -0.1) is 0 Å². The maximum Gasteiger partial charge on any atom is 0.0743 e. The summed E-state index contributed by atoms with van der Waals surface area (Å²) in [4.78, 5) is 0. The highest BCUT2D eigenvalue weighted by Crippen LogP contribution is 2.15. The van der Waals surface area contributed by atoms with Crippen molar-refractivity contribution >= 4 is 0 Å². The number of nitrogens with one attached hydrogen (secondary N) is 1. The normalized spacial score (nSPS) is 31.2. The molecule has 1 fully saturated rings. The fourth-order valence-corrected chi connectivity index (χ4v) is 2.17. The van der Waals surface area contributed by atoms with Gasteiger partial charge in [0.25, 0.3) is 0 Å². The molecule has 1 heterocycles. The summed E-state index contributed by atoms with van der Waals surface area (Å²) in [5.74, 6) is 0. The van der Waals surface area contributed by atoms with E-state index in [-0.39, 0.29) is 0 Å². The molecular weight excluding hydrogens is 190 g/mol. The molecule has 1 saturated heterocycles. The van der Waals surface area contributed by atoms with E-state index in [1.54, 1.807) is 0 Å².